The van der Waals surface area contributed by atoms with Crippen LogP contribution in [0.5, 0.6) is 0 Å². The molecule has 4 rings (SSSR count). The van der Waals surface area contributed by atoms with Gasteiger partial charge < -0.3 is 4.42 Å². The Hall–Kier alpha value is -3.59. The first kappa shape index (κ1) is 16.9. The largest absolute Gasteiger partial charge is 0.419 e. The lowest BCUT2D eigenvalue weighted by Gasteiger charge is -2.10. The zero-order valence-electron chi connectivity index (χ0n) is 13.5. The van der Waals surface area contributed by atoms with Crippen LogP contribution in [0.15, 0.2) is 46.9 Å². The zero-order chi connectivity index (χ0) is 19.1. The summed E-state index contributed by atoms with van der Waals surface area (Å²) in [5, 5.41) is 19.0. The number of aromatic nitrogens is 2. The molecule has 2 amide bonds. The summed E-state index contributed by atoms with van der Waals surface area (Å²) < 4.78 is 5.51. The van der Waals surface area contributed by atoms with Gasteiger partial charge in [0.2, 0.25) is 11.8 Å². The lowest BCUT2D eigenvalue weighted by atomic mass is 10.1. The molecule has 2 aromatic carbocycles. The van der Waals surface area contributed by atoms with E-state index < -0.39 is 16.7 Å². The molecule has 3 aromatic rings. The van der Waals surface area contributed by atoms with Gasteiger partial charge in [0.1, 0.15) is 6.54 Å². The summed E-state index contributed by atoms with van der Waals surface area (Å²) in [4.78, 5) is 36.1. The highest BCUT2D eigenvalue weighted by molar-refractivity contribution is 6.33. The summed E-state index contributed by atoms with van der Waals surface area (Å²) in [6.45, 7) is -0.252. The third-order valence-electron chi connectivity index (χ3n) is 4.03. The Balaban J connectivity index is 1.61. The van der Waals surface area contributed by atoms with Crippen LogP contribution in [0.3, 0.4) is 0 Å². The molecule has 0 N–H and O–H groups in total. The number of carbonyl (C=O) groups excluding carboxylic acids is 2. The van der Waals surface area contributed by atoms with Crippen molar-refractivity contribution in [2.45, 2.75) is 6.54 Å². The predicted molar refractivity (Wildman–Crippen MR) is 92.0 cm³/mol. The zero-order valence-corrected chi connectivity index (χ0v) is 14.2. The lowest BCUT2D eigenvalue weighted by molar-refractivity contribution is -0.384. The van der Waals surface area contributed by atoms with Gasteiger partial charge >= 0.3 is 0 Å². The second kappa shape index (κ2) is 6.29. The fourth-order valence-corrected chi connectivity index (χ4v) is 2.95. The maximum atomic E-state index is 12.5. The number of amides is 2. The first-order valence-electron chi connectivity index (χ1n) is 7.67. The second-order valence-corrected chi connectivity index (χ2v) is 6.07. The van der Waals surface area contributed by atoms with Crippen LogP contribution in [-0.2, 0) is 6.54 Å². The van der Waals surface area contributed by atoms with E-state index in [1.54, 1.807) is 24.3 Å². The molecule has 0 spiro atoms. The van der Waals surface area contributed by atoms with Gasteiger partial charge in [0.25, 0.3) is 17.5 Å². The van der Waals surface area contributed by atoms with Crippen LogP contribution in [0.1, 0.15) is 26.6 Å². The monoisotopic (exact) mass is 384 g/mol. The van der Waals surface area contributed by atoms with Crippen molar-refractivity contribution in [1.82, 2.24) is 15.1 Å². The minimum atomic E-state index is -0.656. The van der Waals surface area contributed by atoms with E-state index in [0.29, 0.717) is 10.6 Å². The number of hydrogen-bond donors (Lipinski definition) is 0. The molecule has 10 heteroatoms. The number of halogens is 1. The van der Waals surface area contributed by atoms with Crippen LogP contribution >= 0.6 is 11.6 Å². The summed E-state index contributed by atoms with van der Waals surface area (Å²) in [6.07, 6.45) is 0. The fraction of sp³-hybridized carbons (Fsp3) is 0.0588. The molecule has 0 bridgehead atoms. The van der Waals surface area contributed by atoms with Crippen LogP contribution in [0.25, 0.3) is 11.5 Å². The van der Waals surface area contributed by atoms with E-state index in [1.165, 1.54) is 12.1 Å². The van der Waals surface area contributed by atoms with Gasteiger partial charge in [-0.3, -0.25) is 24.6 Å². The number of fused-ring (bicyclic) bond motifs is 1. The number of carbonyl (C=O) groups is 2. The first-order valence-corrected chi connectivity index (χ1v) is 8.05. The van der Waals surface area contributed by atoms with Gasteiger partial charge in [-0.25, -0.2) is 0 Å². The number of nitro groups is 1. The van der Waals surface area contributed by atoms with Crippen molar-refractivity contribution in [3.63, 3.8) is 0 Å². The van der Waals surface area contributed by atoms with E-state index in [9.17, 15) is 19.7 Å². The molecule has 2 heterocycles. The van der Waals surface area contributed by atoms with Crippen LogP contribution in [0, 0.1) is 10.1 Å². The Bertz CT molecular complexity index is 1110. The lowest BCUT2D eigenvalue weighted by Crippen LogP contribution is -2.29. The van der Waals surface area contributed by atoms with E-state index in [0.717, 1.165) is 11.0 Å². The van der Waals surface area contributed by atoms with Crippen molar-refractivity contribution in [2.75, 3.05) is 0 Å². The summed E-state index contributed by atoms with van der Waals surface area (Å²) in [5.74, 6) is -1.05. The highest BCUT2D eigenvalue weighted by Crippen LogP contribution is 2.29. The average molecular weight is 385 g/mol. The molecular weight excluding hydrogens is 376 g/mol. The summed E-state index contributed by atoms with van der Waals surface area (Å²) >= 11 is 6.08. The molecule has 1 aliphatic heterocycles. The van der Waals surface area contributed by atoms with Gasteiger partial charge in [-0.2, -0.15) is 0 Å². The van der Waals surface area contributed by atoms with Crippen molar-refractivity contribution in [3.8, 4) is 11.5 Å². The first-order chi connectivity index (χ1) is 13.0. The number of rotatable bonds is 4. The molecule has 134 valence electrons. The molecule has 0 radical (unpaired) electrons. The summed E-state index contributed by atoms with van der Waals surface area (Å²) in [6, 6.07) is 10.4. The third-order valence-corrected chi connectivity index (χ3v) is 4.36. The summed E-state index contributed by atoms with van der Waals surface area (Å²) in [5.41, 5.74) is 0.322. The number of nitro benzene ring substituents is 1. The molecule has 0 fully saturated rings. The van der Waals surface area contributed by atoms with Crippen molar-refractivity contribution < 1.29 is 18.9 Å². The van der Waals surface area contributed by atoms with Crippen molar-refractivity contribution >= 4 is 29.1 Å². The van der Waals surface area contributed by atoms with Gasteiger partial charge in [0, 0.05) is 12.1 Å². The number of nitrogens with zero attached hydrogens (tertiary/aromatic N) is 4. The number of hydrogen-bond acceptors (Lipinski definition) is 7. The molecule has 1 aromatic heterocycles. The number of benzene rings is 2. The van der Waals surface area contributed by atoms with Gasteiger partial charge in [-0.15, -0.1) is 10.2 Å². The second-order valence-electron chi connectivity index (χ2n) is 5.66. The Labute approximate surface area is 156 Å². The fourth-order valence-electron chi connectivity index (χ4n) is 2.73. The van der Waals surface area contributed by atoms with Gasteiger partial charge in [-0.1, -0.05) is 23.7 Å². The topological polar surface area (TPSA) is 119 Å². The Morgan fingerprint density at radius 2 is 1.78 bits per heavy atom. The third kappa shape index (κ3) is 2.83. The molecule has 0 saturated carbocycles. The van der Waals surface area contributed by atoms with E-state index in [2.05, 4.69) is 10.2 Å². The van der Waals surface area contributed by atoms with E-state index in [1.807, 2.05) is 0 Å². The van der Waals surface area contributed by atoms with Crippen molar-refractivity contribution in [1.29, 1.82) is 0 Å². The number of non-ortho nitro benzene ring substituents is 1. The smallest absolute Gasteiger partial charge is 0.270 e. The maximum absolute atomic E-state index is 12.5. The highest BCUT2D eigenvalue weighted by Gasteiger charge is 2.37. The molecule has 0 aliphatic carbocycles. The van der Waals surface area contributed by atoms with Gasteiger partial charge in [0.15, 0.2) is 0 Å². The minimum absolute atomic E-state index is 0.0277. The van der Waals surface area contributed by atoms with Crippen molar-refractivity contribution in [3.05, 3.63) is 74.6 Å². The Morgan fingerprint density at radius 3 is 2.52 bits per heavy atom. The molecule has 0 saturated heterocycles. The highest BCUT2D eigenvalue weighted by atomic mass is 35.5. The van der Waals surface area contributed by atoms with Crippen LogP contribution in [-0.4, -0.2) is 31.8 Å². The molecule has 9 nitrogen and oxygen atoms in total. The van der Waals surface area contributed by atoms with Gasteiger partial charge in [-0.05, 0) is 18.2 Å². The molecular formula is C17H9ClN4O5. The predicted octanol–water partition coefficient (Wildman–Crippen LogP) is 3.09. The molecule has 1 aliphatic rings. The quantitative estimate of drug-likeness (QED) is 0.385. The summed E-state index contributed by atoms with van der Waals surface area (Å²) in [7, 11) is 0. The SMILES string of the molecule is O=C1c2ccc([N+](=O)[O-])cc2C(=O)N1Cc1nnc(-c2ccccc2Cl)o1. The molecule has 27 heavy (non-hydrogen) atoms. The van der Waals surface area contributed by atoms with E-state index >= 15 is 0 Å². The van der Waals surface area contributed by atoms with Crippen LogP contribution in [0.2, 0.25) is 5.02 Å². The molecule has 0 unspecified atom stereocenters. The van der Waals surface area contributed by atoms with E-state index in [4.69, 9.17) is 16.0 Å². The van der Waals surface area contributed by atoms with Crippen LogP contribution in [0.4, 0.5) is 5.69 Å². The average Bonchev–Trinajstić information content (AvgIpc) is 3.21. The Kier molecular flexibility index (Phi) is 3.93. The standard InChI is InChI=1S/C17H9ClN4O5/c18-13-4-2-1-3-11(13)15-20-19-14(27-15)8-21-16(23)10-6-5-9(22(25)26)7-12(10)17(21)24/h1-7H,8H2. The number of imide groups is 1. The maximum Gasteiger partial charge on any atom is 0.270 e. The molecule has 0 atom stereocenters. The van der Waals surface area contributed by atoms with Crippen molar-refractivity contribution in [2.24, 2.45) is 0 Å². The minimum Gasteiger partial charge on any atom is -0.419 e. The Morgan fingerprint density at radius 1 is 1.04 bits per heavy atom. The van der Waals surface area contributed by atoms with E-state index in [-0.39, 0.29) is 35.1 Å². The normalized spacial score (nSPS) is 13.1. The van der Waals surface area contributed by atoms with Crippen LogP contribution < -0.4 is 0 Å². The van der Waals surface area contributed by atoms with Gasteiger partial charge in [0.05, 0.1) is 26.6 Å².